The van der Waals surface area contributed by atoms with Crippen molar-refractivity contribution < 1.29 is 14.3 Å². The van der Waals surface area contributed by atoms with Crippen molar-refractivity contribution in [2.75, 3.05) is 14.2 Å². The highest BCUT2D eigenvalue weighted by atomic mass is 16.5. The van der Waals surface area contributed by atoms with Gasteiger partial charge in [0.25, 0.3) is 5.91 Å². The highest BCUT2D eigenvalue weighted by Gasteiger charge is 2.24. The van der Waals surface area contributed by atoms with E-state index in [1.165, 1.54) is 0 Å². The van der Waals surface area contributed by atoms with Crippen LogP contribution in [0.2, 0.25) is 0 Å². The van der Waals surface area contributed by atoms with Gasteiger partial charge in [0, 0.05) is 6.04 Å². The minimum atomic E-state index is -0.160. The first kappa shape index (κ1) is 16.3. The van der Waals surface area contributed by atoms with E-state index in [1.54, 1.807) is 32.4 Å². The molecule has 0 bridgehead atoms. The maximum Gasteiger partial charge on any atom is 0.259 e. The number of carbonyl (C=O) groups is 1. The van der Waals surface area contributed by atoms with Crippen molar-refractivity contribution in [3.63, 3.8) is 0 Å². The van der Waals surface area contributed by atoms with Crippen molar-refractivity contribution in [3.05, 3.63) is 23.8 Å². The Balaban J connectivity index is 3.08. The standard InChI is InChI=1S/C16H25NO3/c1-10(2)15(11(3)4)17-16(18)14-12(19-5)8-7-9-13(14)20-6/h7-11,15H,1-6H3,(H,17,18). The number of hydrogen-bond acceptors (Lipinski definition) is 3. The van der Waals surface area contributed by atoms with Crippen LogP contribution >= 0.6 is 0 Å². The van der Waals surface area contributed by atoms with Gasteiger partial charge >= 0.3 is 0 Å². The normalized spacial score (nSPS) is 11.1. The van der Waals surface area contributed by atoms with Gasteiger partial charge < -0.3 is 14.8 Å². The van der Waals surface area contributed by atoms with E-state index < -0.39 is 0 Å². The third-order valence-corrected chi connectivity index (χ3v) is 3.39. The van der Waals surface area contributed by atoms with Gasteiger partial charge in [0.05, 0.1) is 14.2 Å². The lowest BCUT2D eigenvalue weighted by atomic mass is 9.93. The van der Waals surface area contributed by atoms with E-state index in [1.807, 2.05) is 0 Å². The number of nitrogens with one attached hydrogen (secondary N) is 1. The number of hydrogen-bond donors (Lipinski definition) is 1. The zero-order valence-electron chi connectivity index (χ0n) is 13.2. The Bertz CT molecular complexity index is 425. The second kappa shape index (κ2) is 7.17. The summed E-state index contributed by atoms with van der Waals surface area (Å²) in [6.45, 7) is 8.41. The molecule has 0 saturated carbocycles. The van der Waals surface area contributed by atoms with Crippen LogP contribution in [0.5, 0.6) is 11.5 Å². The Labute approximate surface area is 121 Å². The van der Waals surface area contributed by atoms with Crippen molar-refractivity contribution in [2.24, 2.45) is 11.8 Å². The molecule has 1 aromatic rings. The molecule has 0 heterocycles. The Hall–Kier alpha value is -1.71. The molecule has 0 aliphatic carbocycles. The van der Waals surface area contributed by atoms with E-state index in [2.05, 4.69) is 33.0 Å². The van der Waals surface area contributed by atoms with Crippen molar-refractivity contribution in [3.8, 4) is 11.5 Å². The molecule has 112 valence electrons. The Kier molecular flexibility index (Phi) is 5.86. The summed E-state index contributed by atoms with van der Waals surface area (Å²) in [5, 5.41) is 3.08. The number of benzene rings is 1. The van der Waals surface area contributed by atoms with Crippen LogP contribution in [0.1, 0.15) is 38.1 Å². The predicted molar refractivity (Wildman–Crippen MR) is 80.5 cm³/mol. The van der Waals surface area contributed by atoms with Crippen LogP contribution in [0.3, 0.4) is 0 Å². The lowest BCUT2D eigenvalue weighted by Gasteiger charge is -2.26. The molecule has 0 radical (unpaired) electrons. The van der Waals surface area contributed by atoms with E-state index in [0.29, 0.717) is 28.9 Å². The minimum absolute atomic E-state index is 0.108. The van der Waals surface area contributed by atoms with Crippen LogP contribution < -0.4 is 14.8 Å². The molecule has 0 unspecified atom stereocenters. The minimum Gasteiger partial charge on any atom is -0.496 e. The number of amides is 1. The first-order chi connectivity index (χ1) is 9.42. The van der Waals surface area contributed by atoms with Gasteiger partial charge in [-0.05, 0) is 24.0 Å². The van der Waals surface area contributed by atoms with Crippen LogP contribution in [0.25, 0.3) is 0 Å². The summed E-state index contributed by atoms with van der Waals surface area (Å²) in [6.07, 6.45) is 0. The molecule has 1 aromatic carbocycles. The molecule has 0 spiro atoms. The van der Waals surface area contributed by atoms with Crippen LogP contribution in [-0.4, -0.2) is 26.2 Å². The molecule has 0 fully saturated rings. The zero-order valence-corrected chi connectivity index (χ0v) is 13.2. The summed E-state index contributed by atoms with van der Waals surface area (Å²) >= 11 is 0. The average Bonchev–Trinajstić information content (AvgIpc) is 2.42. The average molecular weight is 279 g/mol. The summed E-state index contributed by atoms with van der Waals surface area (Å²) in [6, 6.07) is 5.43. The van der Waals surface area contributed by atoms with E-state index >= 15 is 0 Å². The lowest BCUT2D eigenvalue weighted by Crippen LogP contribution is -2.42. The first-order valence-corrected chi connectivity index (χ1v) is 6.94. The second-order valence-electron chi connectivity index (χ2n) is 5.52. The van der Waals surface area contributed by atoms with E-state index in [4.69, 9.17) is 9.47 Å². The number of methoxy groups -OCH3 is 2. The van der Waals surface area contributed by atoms with Crippen molar-refractivity contribution >= 4 is 5.91 Å². The molecular formula is C16H25NO3. The lowest BCUT2D eigenvalue weighted by molar-refractivity contribution is 0.0904. The molecule has 4 nitrogen and oxygen atoms in total. The quantitative estimate of drug-likeness (QED) is 0.870. The highest BCUT2D eigenvalue weighted by Crippen LogP contribution is 2.28. The summed E-state index contributed by atoms with van der Waals surface area (Å²) < 4.78 is 10.5. The van der Waals surface area contributed by atoms with Crippen molar-refractivity contribution in [2.45, 2.75) is 33.7 Å². The third kappa shape index (κ3) is 3.65. The van der Waals surface area contributed by atoms with Gasteiger partial charge in [-0.25, -0.2) is 0 Å². The maximum absolute atomic E-state index is 12.6. The monoisotopic (exact) mass is 279 g/mol. The van der Waals surface area contributed by atoms with Crippen LogP contribution in [0.4, 0.5) is 0 Å². The molecule has 0 aliphatic heterocycles. The van der Waals surface area contributed by atoms with Gasteiger partial charge in [-0.2, -0.15) is 0 Å². The largest absolute Gasteiger partial charge is 0.496 e. The van der Waals surface area contributed by atoms with Gasteiger partial charge in [-0.15, -0.1) is 0 Å². The molecule has 1 amide bonds. The van der Waals surface area contributed by atoms with Crippen molar-refractivity contribution in [1.82, 2.24) is 5.32 Å². The SMILES string of the molecule is COc1cccc(OC)c1C(=O)NC(C(C)C)C(C)C. The second-order valence-corrected chi connectivity index (χ2v) is 5.52. The fourth-order valence-electron chi connectivity index (χ4n) is 2.40. The number of ether oxygens (including phenoxy) is 2. The fraction of sp³-hybridized carbons (Fsp3) is 0.562. The Morgan fingerprint density at radius 1 is 1.00 bits per heavy atom. The first-order valence-electron chi connectivity index (χ1n) is 6.94. The number of carbonyl (C=O) groups excluding carboxylic acids is 1. The fourth-order valence-corrected chi connectivity index (χ4v) is 2.40. The van der Waals surface area contributed by atoms with E-state index in [9.17, 15) is 4.79 Å². The Morgan fingerprint density at radius 2 is 1.45 bits per heavy atom. The smallest absolute Gasteiger partial charge is 0.259 e. The highest BCUT2D eigenvalue weighted by molar-refractivity contribution is 5.99. The molecule has 0 saturated heterocycles. The van der Waals surface area contributed by atoms with Gasteiger partial charge in [0.2, 0.25) is 0 Å². The zero-order chi connectivity index (χ0) is 15.3. The number of rotatable bonds is 6. The molecule has 20 heavy (non-hydrogen) atoms. The molecular weight excluding hydrogens is 254 g/mol. The summed E-state index contributed by atoms with van der Waals surface area (Å²) in [4.78, 5) is 12.6. The molecule has 0 aliphatic rings. The van der Waals surface area contributed by atoms with Gasteiger partial charge in [-0.1, -0.05) is 33.8 Å². The molecule has 0 atom stereocenters. The third-order valence-electron chi connectivity index (χ3n) is 3.39. The maximum atomic E-state index is 12.6. The van der Waals surface area contributed by atoms with Crippen LogP contribution in [-0.2, 0) is 0 Å². The Morgan fingerprint density at radius 3 is 1.80 bits per heavy atom. The summed E-state index contributed by atoms with van der Waals surface area (Å²) in [5.41, 5.74) is 0.448. The molecule has 1 rings (SSSR count). The van der Waals surface area contributed by atoms with Crippen molar-refractivity contribution in [1.29, 1.82) is 0 Å². The van der Waals surface area contributed by atoms with E-state index in [-0.39, 0.29) is 11.9 Å². The topological polar surface area (TPSA) is 47.6 Å². The van der Waals surface area contributed by atoms with E-state index in [0.717, 1.165) is 0 Å². The molecule has 4 heteroatoms. The summed E-state index contributed by atoms with van der Waals surface area (Å²) in [7, 11) is 3.10. The molecule has 1 N–H and O–H groups in total. The summed E-state index contributed by atoms with van der Waals surface area (Å²) in [5.74, 6) is 1.60. The van der Waals surface area contributed by atoms with Gasteiger partial charge in [-0.3, -0.25) is 4.79 Å². The van der Waals surface area contributed by atoms with Crippen LogP contribution in [0, 0.1) is 11.8 Å². The van der Waals surface area contributed by atoms with Crippen LogP contribution in [0.15, 0.2) is 18.2 Å². The predicted octanol–water partition coefficient (Wildman–Crippen LogP) is 3.11. The van der Waals surface area contributed by atoms with Gasteiger partial charge in [0.15, 0.2) is 0 Å². The van der Waals surface area contributed by atoms with Gasteiger partial charge in [0.1, 0.15) is 17.1 Å². The molecule has 0 aromatic heterocycles.